The van der Waals surface area contributed by atoms with Crippen LogP contribution >= 0.6 is 11.5 Å². The Morgan fingerprint density at radius 3 is 2.48 bits per heavy atom. The number of aryl methyl sites for hydroxylation is 1. The standard InChI is InChI=1S/C14H24N4O2S/c1-10-15-12(21-16-10)17(5)11-6-8-18(9-7-11)13(19)20-14(2,3)4/h11H,6-9H2,1-5H3. The molecule has 0 atom stereocenters. The summed E-state index contributed by atoms with van der Waals surface area (Å²) < 4.78 is 9.63. The molecular formula is C14H24N4O2S. The number of amides is 1. The van der Waals surface area contributed by atoms with Gasteiger partial charge in [0.05, 0.1) is 0 Å². The number of aromatic nitrogens is 2. The number of hydrogen-bond donors (Lipinski definition) is 0. The van der Waals surface area contributed by atoms with Crippen molar-refractivity contribution in [2.75, 3.05) is 25.0 Å². The zero-order valence-electron chi connectivity index (χ0n) is 13.4. The van der Waals surface area contributed by atoms with Gasteiger partial charge in [-0.3, -0.25) is 0 Å². The Balaban J connectivity index is 1.87. The molecule has 0 aromatic carbocycles. The minimum absolute atomic E-state index is 0.213. The maximum absolute atomic E-state index is 12.0. The van der Waals surface area contributed by atoms with Crippen molar-refractivity contribution in [1.29, 1.82) is 0 Å². The zero-order chi connectivity index (χ0) is 15.6. The van der Waals surface area contributed by atoms with E-state index in [0.29, 0.717) is 6.04 Å². The van der Waals surface area contributed by atoms with E-state index in [1.54, 1.807) is 4.90 Å². The molecule has 0 bridgehead atoms. The lowest BCUT2D eigenvalue weighted by molar-refractivity contribution is 0.0205. The van der Waals surface area contributed by atoms with Gasteiger partial charge >= 0.3 is 6.09 Å². The molecule has 1 aromatic rings. The molecule has 0 aliphatic carbocycles. The topological polar surface area (TPSA) is 58.6 Å². The summed E-state index contributed by atoms with van der Waals surface area (Å²) in [6.07, 6.45) is 1.64. The predicted molar refractivity (Wildman–Crippen MR) is 83.9 cm³/mol. The number of anilines is 1. The highest BCUT2D eigenvalue weighted by atomic mass is 32.1. The van der Waals surface area contributed by atoms with Crippen LogP contribution in [0, 0.1) is 6.92 Å². The number of ether oxygens (including phenoxy) is 1. The molecule has 1 aromatic heterocycles. The second kappa shape index (κ2) is 6.17. The molecule has 2 rings (SSSR count). The molecule has 1 fully saturated rings. The van der Waals surface area contributed by atoms with Crippen LogP contribution in [0.1, 0.15) is 39.4 Å². The third-order valence-electron chi connectivity index (χ3n) is 3.48. The van der Waals surface area contributed by atoms with Gasteiger partial charge in [0.1, 0.15) is 11.4 Å². The molecule has 1 aliphatic heterocycles. The highest BCUT2D eigenvalue weighted by molar-refractivity contribution is 7.09. The van der Waals surface area contributed by atoms with Crippen LogP contribution in [0.4, 0.5) is 9.93 Å². The first-order valence-electron chi connectivity index (χ1n) is 7.27. The van der Waals surface area contributed by atoms with Crippen molar-refractivity contribution < 1.29 is 9.53 Å². The van der Waals surface area contributed by atoms with Crippen molar-refractivity contribution >= 4 is 22.8 Å². The molecule has 0 unspecified atom stereocenters. The molecule has 0 saturated carbocycles. The Morgan fingerprint density at radius 2 is 2.00 bits per heavy atom. The van der Waals surface area contributed by atoms with Gasteiger partial charge in [-0.1, -0.05) is 0 Å². The van der Waals surface area contributed by atoms with Crippen LogP contribution in [0.5, 0.6) is 0 Å². The lowest BCUT2D eigenvalue weighted by Crippen LogP contribution is -2.47. The lowest BCUT2D eigenvalue weighted by Gasteiger charge is -2.37. The Hall–Kier alpha value is -1.37. The molecule has 6 nitrogen and oxygen atoms in total. The minimum Gasteiger partial charge on any atom is -0.444 e. The van der Waals surface area contributed by atoms with E-state index in [2.05, 4.69) is 14.3 Å². The SMILES string of the molecule is Cc1nsc(N(C)C2CCN(C(=O)OC(C)(C)C)CC2)n1. The maximum Gasteiger partial charge on any atom is 0.410 e. The normalized spacial score (nSPS) is 16.9. The van der Waals surface area contributed by atoms with Gasteiger partial charge in [-0.15, -0.1) is 0 Å². The summed E-state index contributed by atoms with van der Waals surface area (Å²) in [7, 11) is 2.05. The molecule has 0 radical (unpaired) electrons. The van der Waals surface area contributed by atoms with Gasteiger partial charge < -0.3 is 14.5 Å². The summed E-state index contributed by atoms with van der Waals surface area (Å²) in [6.45, 7) is 9.03. The number of nitrogens with zero attached hydrogens (tertiary/aromatic N) is 4. The summed E-state index contributed by atoms with van der Waals surface area (Å²) in [4.78, 5) is 20.4. The van der Waals surface area contributed by atoms with Crippen molar-refractivity contribution in [2.45, 2.75) is 52.2 Å². The summed E-state index contributed by atoms with van der Waals surface area (Å²) in [5.74, 6) is 0.813. The van der Waals surface area contributed by atoms with Crippen molar-refractivity contribution in [2.24, 2.45) is 0 Å². The zero-order valence-corrected chi connectivity index (χ0v) is 14.2. The molecule has 1 saturated heterocycles. The van der Waals surface area contributed by atoms with E-state index in [1.165, 1.54) is 11.5 Å². The lowest BCUT2D eigenvalue weighted by atomic mass is 10.0. The second-order valence-corrected chi connectivity index (χ2v) is 7.16. The quantitative estimate of drug-likeness (QED) is 0.840. The largest absolute Gasteiger partial charge is 0.444 e. The van der Waals surface area contributed by atoms with E-state index < -0.39 is 5.60 Å². The number of hydrogen-bond acceptors (Lipinski definition) is 6. The highest BCUT2D eigenvalue weighted by Crippen LogP contribution is 2.24. The van der Waals surface area contributed by atoms with E-state index in [4.69, 9.17) is 4.74 Å². The number of carbonyl (C=O) groups excluding carboxylic acids is 1. The molecule has 118 valence electrons. The average Bonchev–Trinajstić information content (AvgIpc) is 2.83. The van der Waals surface area contributed by atoms with E-state index in [9.17, 15) is 4.79 Å². The fourth-order valence-corrected chi connectivity index (χ4v) is 3.05. The summed E-state index contributed by atoms with van der Waals surface area (Å²) in [5, 5.41) is 0.947. The van der Waals surface area contributed by atoms with Crippen LogP contribution < -0.4 is 4.90 Å². The van der Waals surface area contributed by atoms with Crippen LogP contribution in [-0.2, 0) is 4.74 Å². The maximum atomic E-state index is 12.0. The Labute approximate surface area is 130 Å². The Kier molecular flexibility index (Phi) is 4.70. The Bertz CT molecular complexity index is 489. The third-order valence-corrected chi connectivity index (χ3v) is 4.38. The molecule has 1 aliphatic rings. The van der Waals surface area contributed by atoms with Crippen molar-refractivity contribution in [3.63, 3.8) is 0 Å². The summed E-state index contributed by atoms with van der Waals surface area (Å²) in [5.41, 5.74) is -0.436. The van der Waals surface area contributed by atoms with Gasteiger partial charge in [-0.2, -0.15) is 4.37 Å². The molecule has 0 spiro atoms. The van der Waals surface area contributed by atoms with Crippen LogP contribution in [0.3, 0.4) is 0 Å². The van der Waals surface area contributed by atoms with Crippen molar-refractivity contribution in [3.8, 4) is 0 Å². The summed E-state index contributed by atoms with van der Waals surface area (Å²) in [6, 6.07) is 0.399. The van der Waals surface area contributed by atoms with Crippen LogP contribution in [-0.4, -0.2) is 52.1 Å². The van der Waals surface area contributed by atoms with E-state index >= 15 is 0 Å². The average molecular weight is 312 g/mol. The molecule has 1 amide bonds. The molecule has 2 heterocycles. The number of carbonyl (C=O) groups is 1. The number of rotatable bonds is 2. The molecular weight excluding hydrogens is 288 g/mol. The van der Waals surface area contributed by atoms with Gasteiger partial charge in [0.2, 0.25) is 5.13 Å². The third kappa shape index (κ3) is 4.30. The smallest absolute Gasteiger partial charge is 0.410 e. The summed E-state index contributed by atoms with van der Waals surface area (Å²) >= 11 is 1.43. The first-order valence-corrected chi connectivity index (χ1v) is 8.04. The fourth-order valence-electron chi connectivity index (χ4n) is 2.35. The van der Waals surface area contributed by atoms with Crippen LogP contribution in [0.15, 0.2) is 0 Å². The first-order chi connectivity index (χ1) is 9.76. The van der Waals surface area contributed by atoms with Gasteiger partial charge in [0.15, 0.2) is 0 Å². The Morgan fingerprint density at radius 1 is 1.38 bits per heavy atom. The van der Waals surface area contributed by atoms with Gasteiger partial charge in [0, 0.05) is 37.7 Å². The van der Waals surface area contributed by atoms with E-state index in [-0.39, 0.29) is 6.09 Å². The number of piperidine rings is 1. The predicted octanol–water partition coefficient (Wildman–Crippen LogP) is 2.68. The van der Waals surface area contributed by atoms with Gasteiger partial charge in [0.25, 0.3) is 0 Å². The fraction of sp³-hybridized carbons (Fsp3) is 0.786. The van der Waals surface area contributed by atoms with Crippen molar-refractivity contribution in [3.05, 3.63) is 5.82 Å². The highest BCUT2D eigenvalue weighted by Gasteiger charge is 2.29. The first kappa shape index (κ1) is 16.0. The van der Waals surface area contributed by atoms with E-state index in [0.717, 1.165) is 36.9 Å². The van der Waals surface area contributed by atoms with Crippen molar-refractivity contribution in [1.82, 2.24) is 14.3 Å². The monoisotopic (exact) mass is 312 g/mol. The number of likely N-dealkylation sites (tertiary alicyclic amines) is 1. The molecule has 21 heavy (non-hydrogen) atoms. The van der Waals surface area contributed by atoms with Gasteiger partial charge in [-0.25, -0.2) is 9.78 Å². The van der Waals surface area contributed by atoms with Gasteiger partial charge in [-0.05, 0) is 40.5 Å². The van der Waals surface area contributed by atoms with Crippen LogP contribution in [0.2, 0.25) is 0 Å². The minimum atomic E-state index is -0.436. The van der Waals surface area contributed by atoms with E-state index in [1.807, 2.05) is 34.7 Å². The molecule has 7 heteroatoms. The van der Waals surface area contributed by atoms with Crippen LogP contribution in [0.25, 0.3) is 0 Å². The molecule has 0 N–H and O–H groups in total. The second-order valence-electron chi connectivity index (χ2n) is 6.43.